The van der Waals surface area contributed by atoms with Gasteiger partial charge in [-0.25, -0.2) is 0 Å². The Kier molecular flexibility index (Phi) is 9.67. The van der Waals surface area contributed by atoms with Gasteiger partial charge in [-0.05, 0) is 39.0 Å². The molecule has 2 saturated carbocycles. The van der Waals surface area contributed by atoms with Gasteiger partial charge in [-0.3, -0.25) is 11.3 Å². The normalized spacial score (nSPS) is 22.1. The lowest BCUT2D eigenvalue weighted by Gasteiger charge is -2.21. The molecule has 0 atom stereocenters. The van der Waals surface area contributed by atoms with Gasteiger partial charge in [0.1, 0.15) is 0 Å². The second-order valence-corrected chi connectivity index (χ2v) is 6.17. The lowest BCUT2D eigenvalue weighted by atomic mass is 9.96. The standard InChI is InChI=1S/C10H20N2.C6H14N2/c1-3-9(2)11-12-10-7-5-4-6-8-10;7-8-6-4-2-1-3-5-6/h10,12H,3-8H2,1-2H3;6,8H,1-5,7H2. The summed E-state index contributed by atoms with van der Waals surface area (Å²) in [6, 6.07) is 1.27. The molecule has 0 radical (unpaired) electrons. The van der Waals surface area contributed by atoms with Gasteiger partial charge >= 0.3 is 0 Å². The molecule has 0 aliphatic heterocycles. The Morgan fingerprint density at radius 2 is 1.45 bits per heavy atom. The van der Waals surface area contributed by atoms with Crippen LogP contribution in [0.25, 0.3) is 0 Å². The molecule has 2 aliphatic rings. The van der Waals surface area contributed by atoms with E-state index in [2.05, 4.69) is 29.8 Å². The molecular weight excluding hydrogens is 248 g/mol. The number of nitrogens with one attached hydrogen (secondary N) is 2. The number of hydrazone groups is 1. The second kappa shape index (κ2) is 11.1. The molecule has 2 rings (SSSR count). The van der Waals surface area contributed by atoms with Crippen LogP contribution in [0, 0.1) is 0 Å². The predicted molar refractivity (Wildman–Crippen MR) is 87.6 cm³/mol. The Bertz CT molecular complexity index is 253. The number of rotatable bonds is 4. The topological polar surface area (TPSA) is 62.4 Å². The summed E-state index contributed by atoms with van der Waals surface area (Å²) < 4.78 is 0. The Labute approximate surface area is 124 Å². The van der Waals surface area contributed by atoms with Gasteiger partial charge in [-0.2, -0.15) is 5.10 Å². The van der Waals surface area contributed by atoms with Crippen molar-refractivity contribution >= 4 is 5.71 Å². The van der Waals surface area contributed by atoms with Crippen molar-refractivity contribution < 1.29 is 0 Å². The first-order chi connectivity index (χ1) is 9.76. The van der Waals surface area contributed by atoms with E-state index in [0.717, 1.165) is 6.42 Å². The van der Waals surface area contributed by atoms with Crippen molar-refractivity contribution in [2.24, 2.45) is 10.9 Å². The number of hydrogen-bond donors (Lipinski definition) is 3. The maximum absolute atomic E-state index is 5.25. The van der Waals surface area contributed by atoms with Gasteiger partial charge in [-0.1, -0.05) is 45.4 Å². The monoisotopic (exact) mass is 282 g/mol. The van der Waals surface area contributed by atoms with Crippen molar-refractivity contribution in [1.29, 1.82) is 0 Å². The SMILES string of the molecule is CCC(C)=NNC1CCCCC1.NNC1CCCCC1. The van der Waals surface area contributed by atoms with E-state index in [1.165, 1.54) is 69.9 Å². The third-order valence-corrected chi connectivity index (χ3v) is 4.40. The highest BCUT2D eigenvalue weighted by Gasteiger charge is 2.11. The Hall–Kier alpha value is -0.610. The first kappa shape index (κ1) is 17.4. The molecule has 0 saturated heterocycles. The van der Waals surface area contributed by atoms with Gasteiger partial charge in [0, 0.05) is 17.8 Å². The molecule has 20 heavy (non-hydrogen) atoms. The molecule has 0 aromatic heterocycles. The minimum absolute atomic E-state index is 0.615. The molecular formula is C16H34N4. The average molecular weight is 282 g/mol. The van der Waals surface area contributed by atoms with Crippen LogP contribution < -0.4 is 16.7 Å². The van der Waals surface area contributed by atoms with Gasteiger partial charge in [0.15, 0.2) is 0 Å². The van der Waals surface area contributed by atoms with Crippen LogP contribution in [-0.4, -0.2) is 17.8 Å². The number of nitrogens with zero attached hydrogens (tertiary/aromatic N) is 1. The Morgan fingerprint density at radius 3 is 1.85 bits per heavy atom. The first-order valence-electron chi connectivity index (χ1n) is 8.51. The maximum atomic E-state index is 5.25. The van der Waals surface area contributed by atoms with Crippen molar-refractivity contribution in [2.45, 2.75) is 96.6 Å². The average Bonchev–Trinajstić information content (AvgIpc) is 2.55. The zero-order valence-electron chi connectivity index (χ0n) is 13.5. The fraction of sp³-hybridized carbons (Fsp3) is 0.938. The summed E-state index contributed by atoms with van der Waals surface area (Å²) in [6.45, 7) is 4.22. The summed E-state index contributed by atoms with van der Waals surface area (Å²) in [4.78, 5) is 0. The quantitative estimate of drug-likeness (QED) is 0.420. The third-order valence-electron chi connectivity index (χ3n) is 4.40. The Balaban J connectivity index is 0.000000217. The van der Waals surface area contributed by atoms with Crippen LogP contribution in [0.5, 0.6) is 0 Å². The molecule has 4 N–H and O–H groups in total. The van der Waals surface area contributed by atoms with Crippen LogP contribution in [0.4, 0.5) is 0 Å². The molecule has 0 spiro atoms. The van der Waals surface area contributed by atoms with E-state index in [9.17, 15) is 0 Å². The summed E-state index contributed by atoms with van der Waals surface area (Å²) in [5.74, 6) is 5.25. The number of nitrogens with two attached hydrogens (primary N) is 1. The van der Waals surface area contributed by atoms with E-state index in [-0.39, 0.29) is 0 Å². The molecule has 2 aliphatic carbocycles. The lowest BCUT2D eigenvalue weighted by molar-refractivity contribution is 0.379. The number of hydrogen-bond acceptors (Lipinski definition) is 4. The fourth-order valence-corrected chi connectivity index (χ4v) is 2.78. The third kappa shape index (κ3) is 7.85. The van der Waals surface area contributed by atoms with Gasteiger partial charge < -0.3 is 5.43 Å². The molecule has 0 heterocycles. The van der Waals surface area contributed by atoms with E-state index in [1.807, 2.05) is 0 Å². The van der Waals surface area contributed by atoms with Crippen molar-refractivity contribution in [1.82, 2.24) is 10.9 Å². The van der Waals surface area contributed by atoms with E-state index >= 15 is 0 Å². The highest BCUT2D eigenvalue weighted by atomic mass is 15.3. The molecule has 4 heteroatoms. The van der Waals surface area contributed by atoms with E-state index < -0.39 is 0 Å². The van der Waals surface area contributed by atoms with Gasteiger partial charge in [0.25, 0.3) is 0 Å². The summed E-state index contributed by atoms with van der Waals surface area (Å²) in [6.07, 6.45) is 14.5. The summed E-state index contributed by atoms with van der Waals surface area (Å²) in [5, 5.41) is 4.33. The molecule has 0 aromatic carbocycles. The molecule has 4 nitrogen and oxygen atoms in total. The van der Waals surface area contributed by atoms with Gasteiger partial charge in [0.05, 0.1) is 0 Å². The zero-order valence-corrected chi connectivity index (χ0v) is 13.5. The van der Waals surface area contributed by atoms with Crippen LogP contribution in [0.3, 0.4) is 0 Å². The zero-order chi connectivity index (χ0) is 14.6. The lowest BCUT2D eigenvalue weighted by Crippen LogP contribution is -2.36. The first-order valence-corrected chi connectivity index (χ1v) is 8.51. The minimum Gasteiger partial charge on any atom is -0.307 e. The number of hydrazine groups is 1. The highest BCUT2D eigenvalue weighted by molar-refractivity contribution is 5.81. The van der Waals surface area contributed by atoms with Crippen LogP contribution in [0.15, 0.2) is 5.10 Å². The smallest absolute Gasteiger partial charge is 0.0440 e. The van der Waals surface area contributed by atoms with E-state index in [0.29, 0.717) is 12.1 Å². The fourth-order valence-electron chi connectivity index (χ4n) is 2.78. The summed E-state index contributed by atoms with van der Waals surface area (Å²) in [7, 11) is 0. The minimum atomic E-state index is 0.615. The van der Waals surface area contributed by atoms with Gasteiger partial charge in [0.2, 0.25) is 0 Å². The molecule has 2 fully saturated rings. The Morgan fingerprint density at radius 1 is 0.950 bits per heavy atom. The van der Waals surface area contributed by atoms with Crippen LogP contribution in [0.2, 0.25) is 0 Å². The maximum Gasteiger partial charge on any atom is 0.0440 e. The van der Waals surface area contributed by atoms with Crippen LogP contribution >= 0.6 is 0 Å². The summed E-state index contributed by atoms with van der Waals surface area (Å²) in [5.41, 5.74) is 7.27. The van der Waals surface area contributed by atoms with Crippen molar-refractivity contribution in [3.63, 3.8) is 0 Å². The van der Waals surface area contributed by atoms with Crippen molar-refractivity contribution in [3.8, 4) is 0 Å². The second-order valence-electron chi connectivity index (χ2n) is 6.17. The van der Waals surface area contributed by atoms with E-state index in [4.69, 9.17) is 5.84 Å². The van der Waals surface area contributed by atoms with Crippen molar-refractivity contribution in [3.05, 3.63) is 0 Å². The molecule has 118 valence electrons. The molecule has 0 amide bonds. The molecule has 0 bridgehead atoms. The summed E-state index contributed by atoms with van der Waals surface area (Å²) >= 11 is 0. The molecule has 0 unspecified atom stereocenters. The van der Waals surface area contributed by atoms with Crippen LogP contribution in [0.1, 0.15) is 84.5 Å². The largest absolute Gasteiger partial charge is 0.307 e. The predicted octanol–water partition coefficient (Wildman–Crippen LogP) is 3.48. The van der Waals surface area contributed by atoms with Crippen molar-refractivity contribution in [2.75, 3.05) is 0 Å². The van der Waals surface area contributed by atoms with Gasteiger partial charge in [-0.15, -0.1) is 0 Å². The highest BCUT2D eigenvalue weighted by Crippen LogP contribution is 2.17. The molecule has 0 aromatic rings. The van der Waals surface area contributed by atoms with Crippen LogP contribution in [-0.2, 0) is 0 Å². The van der Waals surface area contributed by atoms with E-state index in [1.54, 1.807) is 0 Å².